The minimum Gasteiger partial charge on any atom is -0.378 e. The van der Waals surface area contributed by atoms with Crippen LogP contribution in [0.25, 0.3) is 0 Å². The highest BCUT2D eigenvalue weighted by Crippen LogP contribution is 2.36. The van der Waals surface area contributed by atoms with Crippen LogP contribution in [0.5, 0.6) is 0 Å². The lowest BCUT2D eigenvalue weighted by molar-refractivity contribution is -0.135. The van der Waals surface area contributed by atoms with Crippen molar-refractivity contribution >= 4 is 29.2 Å². The number of nitrogens with zero attached hydrogens (tertiary/aromatic N) is 2. The molecule has 0 atom stereocenters. The summed E-state index contributed by atoms with van der Waals surface area (Å²) in [6.45, 7) is 1.89. The van der Waals surface area contributed by atoms with Crippen molar-refractivity contribution in [2.24, 2.45) is 5.92 Å². The molecule has 1 spiro atoms. The third-order valence-corrected chi connectivity index (χ3v) is 5.34. The molecule has 0 radical (unpaired) electrons. The first-order chi connectivity index (χ1) is 12.3. The molecule has 7 heteroatoms. The fourth-order valence-corrected chi connectivity index (χ4v) is 3.60. The molecule has 2 aliphatic rings. The second-order valence-electron chi connectivity index (χ2n) is 7.58. The van der Waals surface area contributed by atoms with E-state index < -0.39 is 11.6 Å². The van der Waals surface area contributed by atoms with Crippen molar-refractivity contribution in [2.45, 2.75) is 38.1 Å². The van der Waals surface area contributed by atoms with E-state index in [0.29, 0.717) is 24.4 Å². The first kappa shape index (κ1) is 18.2. The van der Waals surface area contributed by atoms with E-state index in [9.17, 15) is 14.4 Å². The number of anilines is 2. The van der Waals surface area contributed by atoms with Crippen LogP contribution < -0.4 is 15.5 Å². The van der Waals surface area contributed by atoms with E-state index in [1.807, 2.05) is 31.1 Å². The molecule has 1 aromatic carbocycles. The third kappa shape index (κ3) is 3.52. The number of carbonyl (C=O) groups is 3. The van der Waals surface area contributed by atoms with E-state index in [2.05, 4.69) is 17.6 Å². The minimum absolute atomic E-state index is 0.266. The number of amides is 4. The summed E-state index contributed by atoms with van der Waals surface area (Å²) in [7, 11) is 3.88. The first-order valence-corrected chi connectivity index (χ1v) is 9.02. The van der Waals surface area contributed by atoms with Gasteiger partial charge in [-0.1, -0.05) is 6.92 Å². The summed E-state index contributed by atoms with van der Waals surface area (Å²) >= 11 is 0. The lowest BCUT2D eigenvalue weighted by Crippen LogP contribution is -2.49. The number of hydrogen-bond acceptors (Lipinski definition) is 4. The summed E-state index contributed by atoms with van der Waals surface area (Å²) in [5.41, 5.74) is 0.844. The van der Waals surface area contributed by atoms with Crippen LogP contribution in [0.1, 0.15) is 32.6 Å². The molecule has 0 bridgehead atoms. The zero-order valence-electron chi connectivity index (χ0n) is 15.5. The summed E-state index contributed by atoms with van der Waals surface area (Å²) < 4.78 is 0. The number of benzene rings is 1. The molecule has 7 nitrogen and oxygen atoms in total. The Bertz CT molecular complexity index is 706. The summed E-state index contributed by atoms with van der Waals surface area (Å²) in [6.07, 6.45) is 3.10. The van der Waals surface area contributed by atoms with E-state index in [0.717, 1.165) is 23.4 Å². The van der Waals surface area contributed by atoms with E-state index in [-0.39, 0.29) is 18.4 Å². The van der Waals surface area contributed by atoms with E-state index in [1.54, 1.807) is 12.1 Å². The van der Waals surface area contributed by atoms with Gasteiger partial charge in [-0.25, -0.2) is 4.79 Å². The maximum Gasteiger partial charge on any atom is 0.325 e. The highest BCUT2D eigenvalue weighted by molar-refractivity contribution is 6.10. The number of urea groups is 1. The SMILES string of the molecule is CC1CCC2(CC1)NC(=O)N(CC(=O)Nc1ccc(N(C)C)cc1)C2=O. The van der Waals surface area contributed by atoms with Crippen molar-refractivity contribution in [2.75, 3.05) is 30.9 Å². The molecule has 4 amide bonds. The molecule has 1 aromatic rings. The Kier molecular flexibility index (Phi) is 4.89. The van der Waals surface area contributed by atoms with Crippen molar-refractivity contribution in [1.82, 2.24) is 10.2 Å². The van der Waals surface area contributed by atoms with Gasteiger partial charge in [-0.2, -0.15) is 0 Å². The summed E-state index contributed by atoms with van der Waals surface area (Å²) in [5, 5.41) is 5.57. The van der Waals surface area contributed by atoms with E-state index in [4.69, 9.17) is 0 Å². The minimum atomic E-state index is -0.808. The Labute approximate surface area is 153 Å². The quantitative estimate of drug-likeness (QED) is 0.809. The van der Waals surface area contributed by atoms with Crippen molar-refractivity contribution in [3.8, 4) is 0 Å². The van der Waals surface area contributed by atoms with Gasteiger partial charge in [0.2, 0.25) is 5.91 Å². The number of rotatable bonds is 4. The lowest BCUT2D eigenvalue weighted by atomic mass is 9.77. The van der Waals surface area contributed by atoms with Crippen LogP contribution in [-0.2, 0) is 9.59 Å². The van der Waals surface area contributed by atoms with Gasteiger partial charge in [0.15, 0.2) is 0 Å². The molecular formula is C19H26N4O3. The molecule has 1 aliphatic heterocycles. The molecule has 3 rings (SSSR count). The van der Waals surface area contributed by atoms with E-state index >= 15 is 0 Å². The van der Waals surface area contributed by atoms with Crippen molar-refractivity contribution in [3.63, 3.8) is 0 Å². The van der Waals surface area contributed by atoms with Gasteiger partial charge in [-0.15, -0.1) is 0 Å². The molecule has 1 aliphatic carbocycles. The second-order valence-corrected chi connectivity index (χ2v) is 7.58. The Hall–Kier alpha value is -2.57. The number of imide groups is 1. The molecule has 1 saturated heterocycles. The molecule has 0 unspecified atom stereocenters. The van der Waals surface area contributed by atoms with Crippen LogP contribution in [0, 0.1) is 5.92 Å². The summed E-state index contributed by atoms with van der Waals surface area (Å²) in [4.78, 5) is 40.3. The molecular weight excluding hydrogens is 332 g/mol. The lowest BCUT2D eigenvalue weighted by Gasteiger charge is -2.33. The predicted octanol–water partition coefficient (Wildman–Crippen LogP) is 2.19. The van der Waals surface area contributed by atoms with Gasteiger partial charge in [0, 0.05) is 25.5 Å². The van der Waals surface area contributed by atoms with Crippen molar-refractivity contribution < 1.29 is 14.4 Å². The third-order valence-electron chi connectivity index (χ3n) is 5.34. The smallest absolute Gasteiger partial charge is 0.325 e. The summed E-state index contributed by atoms with van der Waals surface area (Å²) in [6, 6.07) is 6.90. The van der Waals surface area contributed by atoms with Crippen LogP contribution in [0.3, 0.4) is 0 Å². The maximum absolute atomic E-state index is 12.8. The molecule has 2 N–H and O–H groups in total. The molecule has 2 fully saturated rings. The Morgan fingerprint density at radius 3 is 2.42 bits per heavy atom. The van der Waals surface area contributed by atoms with Gasteiger partial charge >= 0.3 is 6.03 Å². The predicted molar refractivity (Wildman–Crippen MR) is 100 cm³/mol. The molecule has 26 heavy (non-hydrogen) atoms. The van der Waals surface area contributed by atoms with Gasteiger partial charge in [-0.3, -0.25) is 14.5 Å². The van der Waals surface area contributed by atoms with Gasteiger partial charge < -0.3 is 15.5 Å². The Balaban J connectivity index is 1.62. The van der Waals surface area contributed by atoms with Gasteiger partial charge in [0.05, 0.1) is 0 Å². The molecule has 1 heterocycles. The molecule has 1 saturated carbocycles. The van der Waals surface area contributed by atoms with Crippen molar-refractivity contribution in [1.29, 1.82) is 0 Å². The highest BCUT2D eigenvalue weighted by atomic mass is 16.2. The van der Waals surface area contributed by atoms with E-state index in [1.165, 1.54) is 0 Å². The number of nitrogens with one attached hydrogen (secondary N) is 2. The largest absolute Gasteiger partial charge is 0.378 e. The van der Waals surface area contributed by atoms with Gasteiger partial charge in [-0.05, 0) is 55.9 Å². The molecule has 140 valence electrons. The van der Waals surface area contributed by atoms with Crippen molar-refractivity contribution in [3.05, 3.63) is 24.3 Å². The average molecular weight is 358 g/mol. The Morgan fingerprint density at radius 2 is 1.85 bits per heavy atom. The standard InChI is InChI=1S/C19H26N4O3/c1-13-8-10-19(11-9-13)17(25)23(18(26)21-19)12-16(24)20-14-4-6-15(7-5-14)22(2)3/h4-7,13H,8-12H2,1-3H3,(H,20,24)(H,21,26). The van der Waals surface area contributed by atoms with Gasteiger partial charge in [0.25, 0.3) is 5.91 Å². The second kappa shape index (κ2) is 6.97. The normalized spacial score (nSPS) is 25.3. The van der Waals surface area contributed by atoms with Crippen LogP contribution in [0.2, 0.25) is 0 Å². The average Bonchev–Trinajstić information content (AvgIpc) is 2.82. The molecule has 0 aromatic heterocycles. The highest BCUT2D eigenvalue weighted by Gasteiger charge is 2.52. The van der Waals surface area contributed by atoms with Crippen LogP contribution >= 0.6 is 0 Å². The van der Waals surface area contributed by atoms with Crippen LogP contribution in [-0.4, -0.2) is 48.9 Å². The Morgan fingerprint density at radius 1 is 1.23 bits per heavy atom. The van der Waals surface area contributed by atoms with Crippen LogP contribution in [0.15, 0.2) is 24.3 Å². The fourth-order valence-electron chi connectivity index (χ4n) is 3.60. The van der Waals surface area contributed by atoms with Crippen LogP contribution in [0.4, 0.5) is 16.2 Å². The fraction of sp³-hybridized carbons (Fsp3) is 0.526. The first-order valence-electron chi connectivity index (χ1n) is 9.02. The summed E-state index contributed by atoms with van der Waals surface area (Å²) in [5.74, 6) is -0.0901. The number of hydrogen-bond donors (Lipinski definition) is 2. The topological polar surface area (TPSA) is 81.8 Å². The zero-order chi connectivity index (χ0) is 18.9. The maximum atomic E-state index is 12.8. The van der Waals surface area contributed by atoms with Gasteiger partial charge in [0.1, 0.15) is 12.1 Å². The monoisotopic (exact) mass is 358 g/mol. The zero-order valence-corrected chi connectivity index (χ0v) is 15.5. The number of carbonyl (C=O) groups excluding carboxylic acids is 3.